The standard InChI is InChI=1S/C12H12N2O2/c1-4-5-6-14-10-9(13)11(15)7(2)8(3)12(10)16/h4-5,13H,2-3,6H2,1H3/b5-4+,13-9?,14-10?. The molecule has 0 aromatic heterocycles. The van der Waals surface area contributed by atoms with E-state index in [0.717, 1.165) is 0 Å². The van der Waals surface area contributed by atoms with Crippen molar-refractivity contribution in [1.29, 1.82) is 5.41 Å². The van der Waals surface area contributed by atoms with Crippen molar-refractivity contribution in [1.82, 2.24) is 0 Å². The van der Waals surface area contributed by atoms with Crippen LogP contribution in [0.3, 0.4) is 0 Å². The molecule has 82 valence electrons. The molecular formula is C12H12N2O2. The van der Waals surface area contributed by atoms with E-state index in [2.05, 4.69) is 18.2 Å². The number of nitrogens with one attached hydrogen (secondary N) is 1. The van der Waals surface area contributed by atoms with E-state index in [9.17, 15) is 9.59 Å². The zero-order valence-electron chi connectivity index (χ0n) is 9.04. The highest BCUT2D eigenvalue weighted by Crippen LogP contribution is 1.68. The minimum Gasteiger partial charge on any atom is -0.295 e. The maximum atomic E-state index is 11.7. The Bertz CT molecular complexity index is 684. The van der Waals surface area contributed by atoms with Crippen LogP contribution < -0.4 is 32.0 Å². The number of hydrogen-bond donors (Lipinski definition) is 1. The Morgan fingerprint density at radius 3 is 2.38 bits per heavy atom. The first-order chi connectivity index (χ1) is 7.50. The minimum atomic E-state index is -0.580. The maximum absolute atomic E-state index is 11.7. The average molecular weight is 216 g/mol. The highest BCUT2D eigenvalue weighted by molar-refractivity contribution is 5.16. The molecule has 0 spiro atoms. The van der Waals surface area contributed by atoms with Gasteiger partial charge in [0.2, 0.25) is 10.9 Å². The summed E-state index contributed by atoms with van der Waals surface area (Å²) in [6, 6.07) is 0. The second kappa shape index (κ2) is 4.61. The Balaban J connectivity index is 3.81. The van der Waals surface area contributed by atoms with Crippen molar-refractivity contribution in [3.8, 4) is 0 Å². The van der Waals surface area contributed by atoms with Gasteiger partial charge >= 0.3 is 0 Å². The Labute approximate surface area is 91.5 Å². The Morgan fingerprint density at radius 1 is 1.25 bits per heavy atom. The summed E-state index contributed by atoms with van der Waals surface area (Å²) < 4.78 is 0. The van der Waals surface area contributed by atoms with E-state index in [4.69, 9.17) is 5.41 Å². The van der Waals surface area contributed by atoms with Crippen LogP contribution in [-0.4, -0.2) is 6.54 Å². The number of hydrogen-bond acceptors (Lipinski definition) is 4. The van der Waals surface area contributed by atoms with E-state index >= 15 is 0 Å². The van der Waals surface area contributed by atoms with Crippen LogP contribution in [0, 0.1) is 5.41 Å². The lowest BCUT2D eigenvalue weighted by atomic mass is 10.2. The molecule has 4 heteroatoms. The lowest BCUT2D eigenvalue weighted by molar-refractivity contribution is 1.03. The van der Waals surface area contributed by atoms with Gasteiger partial charge in [0.05, 0.1) is 6.54 Å². The summed E-state index contributed by atoms with van der Waals surface area (Å²) in [5.74, 6) is 0. The van der Waals surface area contributed by atoms with Gasteiger partial charge in [0, 0.05) is 10.4 Å². The molecule has 0 amide bonds. The van der Waals surface area contributed by atoms with Crippen molar-refractivity contribution >= 4 is 13.2 Å². The highest BCUT2D eigenvalue weighted by Gasteiger charge is 2.01. The van der Waals surface area contributed by atoms with Crippen molar-refractivity contribution in [3.63, 3.8) is 0 Å². The molecule has 16 heavy (non-hydrogen) atoms. The summed E-state index contributed by atoms with van der Waals surface area (Å²) in [7, 11) is 0. The number of benzene rings is 1. The van der Waals surface area contributed by atoms with Crippen molar-refractivity contribution in [2.75, 3.05) is 6.54 Å². The van der Waals surface area contributed by atoms with Gasteiger partial charge in [-0.15, -0.1) is 0 Å². The van der Waals surface area contributed by atoms with Crippen molar-refractivity contribution in [2.45, 2.75) is 6.92 Å². The molecule has 1 aromatic rings. The van der Waals surface area contributed by atoms with Crippen LogP contribution >= 0.6 is 0 Å². The fraction of sp³-hybridized carbons (Fsp3) is 0.167. The second-order valence-electron chi connectivity index (χ2n) is 3.25. The first-order valence-corrected chi connectivity index (χ1v) is 4.72. The summed E-state index contributed by atoms with van der Waals surface area (Å²) >= 11 is 0. The monoisotopic (exact) mass is 216 g/mol. The Hall–Kier alpha value is -2.10. The van der Waals surface area contributed by atoms with Gasteiger partial charge in [0.25, 0.3) is 0 Å². The zero-order valence-corrected chi connectivity index (χ0v) is 9.04. The van der Waals surface area contributed by atoms with E-state index in [1.54, 1.807) is 12.2 Å². The summed E-state index contributed by atoms with van der Waals surface area (Å²) in [6.45, 7) is 8.99. The fourth-order valence-corrected chi connectivity index (χ4v) is 1.19. The first kappa shape index (κ1) is 12.0. The van der Waals surface area contributed by atoms with Gasteiger partial charge < -0.3 is 0 Å². The molecule has 1 rings (SSSR count). The van der Waals surface area contributed by atoms with Gasteiger partial charge in [-0.3, -0.25) is 20.0 Å². The predicted molar refractivity (Wildman–Crippen MR) is 62.7 cm³/mol. The SMILES string of the molecule is C=c1c(=C)c(=O)c(=NC/C=C/C)c(=N)c1=O. The number of nitrogens with zero attached hydrogens (tertiary/aromatic N) is 1. The topological polar surface area (TPSA) is 70.3 Å². The van der Waals surface area contributed by atoms with E-state index in [1.165, 1.54) is 0 Å². The quantitative estimate of drug-likeness (QED) is 0.584. The number of allylic oxidation sites excluding steroid dienone is 1. The zero-order chi connectivity index (χ0) is 12.3. The minimum absolute atomic E-state index is 0.0139. The van der Waals surface area contributed by atoms with Crippen LogP contribution in [0.2, 0.25) is 0 Å². The predicted octanol–water partition coefficient (Wildman–Crippen LogP) is -1.94. The summed E-state index contributed by atoms with van der Waals surface area (Å²) in [4.78, 5) is 27.1. The summed E-state index contributed by atoms with van der Waals surface area (Å²) in [5.41, 5.74) is -1.07. The van der Waals surface area contributed by atoms with E-state index < -0.39 is 16.2 Å². The molecule has 0 saturated carbocycles. The van der Waals surface area contributed by atoms with Gasteiger partial charge in [-0.1, -0.05) is 25.3 Å². The molecule has 1 aromatic carbocycles. The third-order valence-corrected chi connectivity index (χ3v) is 2.18. The molecule has 0 aliphatic carbocycles. The molecule has 0 heterocycles. The molecule has 0 aliphatic rings. The molecule has 0 aliphatic heterocycles. The molecule has 0 fully saturated rings. The van der Waals surface area contributed by atoms with E-state index in [-0.39, 0.29) is 22.3 Å². The molecule has 0 saturated heterocycles. The summed E-state index contributed by atoms with van der Waals surface area (Å²) in [6.07, 6.45) is 3.50. The van der Waals surface area contributed by atoms with Crippen LogP contribution in [0.5, 0.6) is 0 Å². The van der Waals surface area contributed by atoms with Crippen LogP contribution in [0.4, 0.5) is 0 Å². The first-order valence-electron chi connectivity index (χ1n) is 4.72. The molecule has 4 nitrogen and oxygen atoms in total. The van der Waals surface area contributed by atoms with Crippen molar-refractivity contribution in [2.24, 2.45) is 4.99 Å². The third-order valence-electron chi connectivity index (χ3n) is 2.18. The molecule has 0 radical (unpaired) electrons. The molecule has 0 unspecified atom stereocenters. The molecule has 1 N–H and O–H groups in total. The van der Waals surface area contributed by atoms with Crippen LogP contribution in [0.15, 0.2) is 26.7 Å². The molecule has 0 bridgehead atoms. The smallest absolute Gasteiger partial charge is 0.213 e. The van der Waals surface area contributed by atoms with Gasteiger partial charge in [0.1, 0.15) is 10.7 Å². The van der Waals surface area contributed by atoms with Gasteiger partial charge in [0.15, 0.2) is 0 Å². The summed E-state index contributed by atoms with van der Waals surface area (Å²) in [5, 5.41) is 7.00. The lowest BCUT2D eigenvalue weighted by Crippen LogP contribution is -2.63. The average Bonchev–Trinajstić information content (AvgIpc) is 2.28. The highest BCUT2D eigenvalue weighted by atomic mass is 16.1. The maximum Gasteiger partial charge on any atom is 0.213 e. The van der Waals surface area contributed by atoms with Crippen molar-refractivity contribution < 1.29 is 0 Å². The molecule has 0 atom stereocenters. The molecular weight excluding hydrogens is 204 g/mol. The third kappa shape index (κ3) is 1.95. The largest absolute Gasteiger partial charge is 0.295 e. The van der Waals surface area contributed by atoms with E-state index in [1.807, 2.05) is 6.92 Å². The number of rotatable bonds is 2. The second-order valence-corrected chi connectivity index (χ2v) is 3.25. The lowest BCUT2D eigenvalue weighted by Gasteiger charge is -1.87. The van der Waals surface area contributed by atoms with Gasteiger partial charge in [-0.25, -0.2) is 0 Å². The normalized spacial score (nSPS) is 12.4. The van der Waals surface area contributed by atoms with Crippen molar-refractivity contribution in [3.05, 3.63) is 53.8 Å². The van der Waals surface area contributed by atoms with Gasteiger partial charge in [-0.05, 0) is 6.92 Å². The van der Waals surface area contributed by atoms with E-state index in [0.29, 0.717) is 0 Å². The van der Waals surface area contributed by atoms with Crippen LogP contribution in [0.25, 0.3) is 13.2 Å². The van der Waals surface area contributed by atoms with Crippen LogP contribution in [0.1, 0.15) is 6.92 Å². The fourth-order valence-electron chi connectivity index (χ4n) is 1.19. The van der Waals surface area contributed by atoms with Crippen LogP contribution in [-0.2, 0) is 0 Å². The Morgan fingerprint density at radius 2 is 1.81 bits per heavy atom. The van der Waals surface area contributed by atoms with Gasteiger partial charge in [-0.2, -0.15) is 0 Å². The Kier molecular flexibility index (Phi) is 3.45.